The van der Waals surface area contributed by atoms with Crippen LogP contribution in [0.5, 0.6) is 0 Å². The lowest BCUT2D eigenvalue weighted by Gasteiger charge is -2.47. The molecule has 2 N–H and O–H groups in total. The van der Waals surface area contributed by atoms with Crippen LogP contribution in [0.25, 0.3) is 0 Å². The molecule has 1 amide bonds. The molecule has 0 bridgehead atoms. The lowest BCUT2D eigenvalue weighted by atomic mass is 9.71. The van der Waals surface area contributed by atoms with Gasteiger partial charge in [0.15, 0.2) is 0 Å². The van der Waals surface area contributed by atoms with Crippen molar-refractivity contribution in [1.82, 2.24) is 4.90 Å². The lowest BCUT2D eigenvalue weighted by molar-refractivity contribution is -0.165. The molecule has 0 aromatic rings. The Morgan fingerprint density at radius 1 is 1.16 bits per heavy atom. The maximum atomic E-state index is 12.2. The molecule has 0 radical (unpaired) electrons. The minimum absolute atomic E-state index is 0.0854. The van der Waals surface area contributed by atoms with Gasteiger partial charge in [0.25, 0.3) is 0 Å². The van der Waals surface area contributed by atoms with E-state index in [2.05, 4.69) is 0 Å². The van der Waals surface area contributed by atoms with Gasteiger partial charge in [-0.3, -0.25) is 9.59 Å². The van der Waals surface area contributed by atoms with E-state index in [9.17, 15) is 19.8 Å². The zero-order valence-electron chi connectivity index (χ0n) is 11.5. The number of carbonyl (C=O) groups excluding carboxylic acids is 1. The summed E-state index contributed by atoms with van der Waals surface area (Å²) in [6.07, 6.45) is 4.74. The highest BCUT2D eigenvalue weighted by molar-refractivity contribution is 5.85. The van der Waals surface area contributed by atoms with Gasteiger partial charge in [-0.15, -0.1) is 0 Å². The third-order valence-electron chi connectivity index (χ3n) is 4.74. The summed E-state index contributed by atoms with van der Waals surface area (Å²) in [7, 11) is 0. The van der Waals surface area contributed by atoms with Crippen molar-refractivity contribution in [3.05, 3.63) is 0 Å². The Bertz CT molecular complexity index is 368. The molecular formula is C14H23NO4. The third-order valence-corrected chi connectivity index (χ3v) is 4.74. The first kappa shape index (κ1) is 14.3. The molecule has 5 heteroatoms. The number of hydrogen-bond acceptors (Lipinski definition) is 3. The Kier molecular flexibility index (Phi) is 3.85. The largest absolute Gasteiger partial charge is 0.481 e. The first-order valence-corrected chi connectivity index (χ1v) is 7.14. The van der Waals surface area contributed by atoms with Gasteiger partial charge in [-0.1, -0.05) is 26.2 Å². The standard InChI is InChI=1S/C14H23NO4/c1-2-14(19)9-15(10-14)11(16)8-13(12(17)18)6-4-3-5-7-13/h19H,2-10H2,1H3,(H,17,18). The molecule has 5 nitrogen and oxygen atoms in total. The molecule has 2 aliphatic rings. The number of carboxylic acids is 1. The first-order valence-electron chi connectivity index (χ1n) is 7.14. The van der Waals surface area contributed by atoms with E-state index in [0.29, 0.717) is 32.4 Å². The number of carbonyl (C=O) groups is 2. The number of β-amino-alcohol motifs (C(OH)–C–C–N with tert-alkyl or cyclic N) is 1. The normalized spacial score (nSPS) is 24.6. The van der Waals surface area contributed by atoms with E-state index in [-0.39, 0.29) is 12.3 Å². The summed E-state index contributed by atoms with van der Waals surface area (Å²) < 4.78 is 0. The van der Waals surface area contributed by atoms with Gasteiger partial charge in [0.05, 0.1) is 24.1 Å². The van der Waals surface area contributed by atoms with E-state index in [4.69, 9.17) is 0 Å². The second-order valence-electron chi connectivity index (χ2n) is 6.15. The molecule has 0 aromatic heterocycles. The van der Waals surface area contributed by atoms with Crippen molar-refractivity contribution in [3.8, 4) is 0 Å². The molecule has 2 rings (SSSR count). The Morgan fingerprint density at radius 3 is 2.21 bits per heavy atom. The van der Waals surface area contributed by atoms with E-state index in [1.807, 2.05) is 6.92 Å². The second kappa shape index (κ2) is 5.12. The van der Waals surface area contributed by atoms with Gasteiger partial charge >= 0.3 is 5.97 Å². The Balaban J connectivity index is 1.95. The lowest BCUT2D eigenvalue weighted by Crippen LogP contribution is -2.63. The van der Waals surface area contributed by atoms with E-state index >= 15 is 0 Å². The van der Waals surface area contributed by atoms with Crippen LogP contribution in [-0.2, 0) is 9.59 Å². The predicted octanol–water partition coefficient (Wildman–Crippen LogP) is 1.39. The van der Waals surface area contributed by atoms with Gasteiger partial charge in [-0.25, -0.2) is 0 Å². The minimum atomic E-state index is -0.866. The number of carboxylic acid groups (broad SMARTS) is 1. The molecule has 1 aliphatic carbocycles. The molecule has 1 heterocycles. The van der Waals surface area contributed by atoms with Crippen LogP contribution in [-0.4, -0.2) is 45.7 Å². The Labute approximate surface area is 113 Å². The van der Waals surface area contributed by atoms with Crippen LogP contribution < -0.4 is 0 Å². The highest BCUT2D eigenvalue weighted by Crippen LogP contribution is 2.40. The number of aliphatic hydroxyl groups is 1. The number of nitrogens with zero attached hydrogens (tertiary/aromatic N) is 1. The number of aliphatic carboxylic acids is 1. The van der Waals surface area contributed by atoms with Crippen molar-refractivity contribution in [2.75, 3.05) is 13.1 Å². The van der Waals surface area contributed by atoms with Crippen molar-refractivity contribution in [1.29, 1.82) is 0 Å². The fourth-order valence-corrected chi connectivity index (χ4v) is 3.16. The van der Waals surface area contributed by atoms with Crippen LogP contribution in [0.2, 0.25) is 0 Å². The highest BCUT2D eigenvalue weighted by atomic mass is 16.4. The fraction of sp³-hybridized carbons (Fsp3) is 0.857. The van der Waals surface area contributed by atoms with Crippen molar-refractivity contribution in [3.63, 3.8) is 0 Å². The van der Waals surface area contributed by atoms with Crippen LogP contribution >= 0.6 is 0 Å². The van der Waals surface area contributed by atoms with Gasteiger partial charge in [0.1, 0.15) is 0 Å². The Hall–Kier alpha value is -1.10. The van der Waals surface area contributed by atoms with Gasteiger partial charge in [0.2, 0.25) is 5.91 Å². The van der Waals surface area contributed by atoms with E-state index in [0.717, 1.165) is 19.3 Å². The summed E-state index contributed by atoms with van der Waals surface area (Å²) >= 11 is 0. The van der Waals surface area contributed by atoms with Crippen molar-refractivity contribution < 1.29 is 19.8 Å². The molecule has 0 unspecified atom stereocenters. The topological polar surface area (TPSA) is 77.8 Å². The molecule has 2 fully saturated rings. The monoisotopic (exact) mass is 269 g/mol. The highest BCUT2D eigenvalue weighted by Gasteiger charge is 2.47. The van der Waals surface area contributed by atoms with Crippen molar-refractivity contribution >= 4 is 11.9 Å². The van der Waals surface area contributed by atoms with Gasteiger partial charge in [-0.05, 0) is 19.3 Å². The molecule has 1 aliphatic heterocycles. The molecule has 0 spiro atoms. The molecular weight excluding hydrogens is 246 g/mol. The number of rotatable bonds is 4. The number of likely N-dealkylation sites (tertiary alicyclic amines) is 1. The first-order chi connectivity index (χ1) is 8.91. The number of amides is 1. The SMILES string of the molecule is CCC1(O)CN(C(=O)CC2(C(=O)O)CCCCC2)C1. The fourth-order valence-electron chi connectivity index (χ4n) is 3.16. The summed E-state index contributed by atoms with van der Waals surface area (Å²) in [5.41, 5.74) is -1.62. The summed E-state index contributed by atoms with van der Waals surface area (Å²) in [5, 5.41) is 19.3. The van der Waals surface area contributed by atoms with Crippen LogP contribution in [0.15, 0.2) is 0 Å². The summed E-state index contributed by atoms with van der Waals surface area (Å²) in [6.45, 7) is 2.58. The van der Waals surface area contributed by atoms with Crippen molar-refractivity contribution in [2.45, 2.75) is 57.5 Å². The summed E-state index contributed by atoms with van der Waals surface area (Å²) in [5.74, 6) is -0.964. The summed E-state index contributed by atoms with van der Waals surface area (Å²) in [6, 6.07) is 0. The average molecular weight is 269 g/mol. The van der Waals surface area contributed by atoms with E-state index in [1.165, 1.54) is 0 Å². The molecule has 1 saturated carbocycles. The van der Waals surface area contributed by atoms with Crippen LogP contribution in [0.1, 0.15) is 51.9 Å². The van der Waals surface area contributed by atoms with Crippen LogP contribution in [0.4, 0.5) is 0 Å². The molecule has 108 valence electrons. The van der Waals surface area contributed by atoms with Gasteiger partial charge < -0.3 is 15.1 Å². The van der Waals surface area contributed by atoms with Crippen molar-refractivity contribution in [2.24, 2.45) is 5.41 Å². The minimum Gasteiger partial charge on any atom is -0.481 e. The maximum Gasteiger partial charge on any atom is 0.310 e. The number of hydrogen-bond donors (Lipinski definition) is 2. The predicted molar refractivity (Wildman–Crippen MR) is 69.6 cm³/mol. The quantitative estimate of drug-likeness (QED) is 0.808. The average Bonchev–Trinajstić information content (AvgIpc) is 2.35. The smallest absolute Gasteiger partial charge is 0.310 e. The third kappa shape index (κ3) is 2.76. The zero-order chi connectivity index (χ0) is 14.1. The van der Waals surface area contributed by atoms with Crippen LogP contribution in [0, 0.1) is 5.41 Å². The molecule has 1 saturated heterocycles. The second-order valence-corrected chi connectivity index (χ2v) is 6.15. The van der Waals surface area contributed by atoms with Gasteiger partial charge in [-0.2, -0.15) is 0 Å². The maximum absolute atomic E-state index is 12.2. The van der Waals surface area contributed by atoms with Gasteiger partial charge in [0, 0.05) is 6.42 Å². The van der Waals surface area contributed by atoms with E-state index in [1.54, 1.807) is 4.90 Å². The summed E-state index contributed by atoms with van der Waals surface area (Å²) in [4.78, 5) is 25.2. The molecule has 0 atom stereocenters. The Morgan fingerprint density at radius 2 is 1.74 bits per heavy atom. The molecule has 19 heavy (non-hydrogen) atoms. The molecule has 0 aromatic carbocycles. The zero-order valence-corrected chi connectivity index (χ0v) is 11.5. The van der Waals surface area contributed by atoms with E-state index < -0.39 is 17.0 Å². The van der Waals surface area contributed by atoms with Crippen LogP contribution in [0.3, 0.4) is 0 Å².